The van der Waals surface area contributed by atoms with Crippen molar-refractivity contribution in [3.63, 3.8) is 0 Å². The van der Waals surface area contributed by atoms with Crippen molar-refractivity contribution in [1.82, 2.24) is 0 Å². The van der Waals surface area contributed by atoms with Gasteiger partial charge >= 0.3 is 286 Å². The third-order valence-electron chi connectivity index (χ3n) is 11.7. The van der Waals surface area contributed by atoms with E-state index in [0.29, 0.717) is 59.0 Å². The summed E-state index contributed by atoms with van der Waals surface area (Å²) >= 11 is -3.37. The molecule has 0 aliphatic heterocycles. The van der Waals surface area contributed by atoms with E-state index < -0.39 is 54.6 Å². The molecule has 8 fully saturated rings. The van der Waals surface area contributed by atoms with Crippen molar-refractivity contribution >= 4 is 44.5 Å². The van der Waals surface area contributed by atoms with Gasteiger partial charge in [-0.25, -0.2) is 0 Å². The quantitative estimate of drug-likeness (QED) is 0.139. The van der Waals surface area contributed by atoms with Gasteiger partial charge in [-0.3, -0.25) is 0 Å². The molecule has 0 N–H and O–H groups in total. The van der Waals surface area contributed by atoms with E-state index >= 15 is 0 Å². The van der Waals surface area contributed by atoms with E-state index in [1.54, 1.807) is 33.1 Å². The molecule has 0 spiro atoms. The monoisotopic (exact) mass is 760 g/mol. The summed E-state index contributed by atoms with van der Waals surface area (Å²) in [4.78, 5) is 54.2. The SMILES string of the molecule is C=C(C)C(=O)OC12CC3CC(C1)CC(C(=O)OI(OC(=O)C14CC5CC(CC(OC(=O)C(=C)C)(C5)C1)C4)c1ccc(OC)cc1)(C3)C2. The molecule has 9 rings (SSSR count). The van der Waals surface area contributed by atoms with Gasteiger partial charge in [0.05, 0.1) is 0 Å². The van der Waals surface area contributed by atoms with Gasteiger partial charge in [0.1, 0.15) is 0 Å². The molecule has 8 aliphatic carbocycles. The molecule has 0 radical (unpaired) electrons. The fraction of sp³-hybridized carbons (Fsp3) is 0.622. The summed E-state index contributed by atoms with van der Waals surface area (Å²) < 4.78 is 31.1. The van der Waals surface area contributed by atoms with Crippen LogP contribution in [0.2, 0.25) is 0 Å². The van der Waals surface area contributed by atoms with Gasteiger partial charge in [-0.05, 0) is 0 Å². The number of methoxy groups -OCH3 is 1. The van der Waals surface area contributed by atoms with Crippen LogP contribution in [0.5, 0.6) is 5.75 Å². The molecule has 4 atom stereocenters. The molecule has 4 unspecified atom stereocenters. The van der Waals surface area contributed by atoms with Crippen molar-refractivity contribution in [2.24, 2.45) is 34.5 Å². The van der Waals surface area contributed by atoms with Crippen LogP contribution in [-0.4, -0.2) is 42.2 Å². The predicted octanol–water partition coefficient (Wildman–Crippen LogP) is 7.20. The summed E-state index contributed by atoms with van der Waals surface area (Å²) in [5.41, 5.74) is -2.31. The zero-order valence-electron chi connectivity index (χ0n) is 27.6. The van der Waals surface area contributed by atoms with Crippen LogP contribution in [0.15, 0.2) is 48.6 Å². The maximum absolute atomic E-state index is 14.4. The van der Waals surface area contributed by atoms with Crippen molar-refractivity contribution < 1.29 is 39.5 Å². The Labute approximate surface area is 284 Å². The van der Waals surface area contributed by atoms with Gasteiger partial charge in [0.15, 0.2) is 0 Å². The van der Waals surface area contributed by atoms with E-state index in [1.807, 2.05) is 12.1 Å². The molecule has 0 amide bonds. The van der Waals surface area contributed by atoms with Crippen LogP contribution in [0.1, 0.15) is 90.9 Å². The second-order valence-corrected chi connectivity index (χ2v) is 19.2. The van der Waals surface area contributed by atoms with E-state index in [-0.39, 0.29) is 35.6 Å². The zero-order chi connectivity index (χ0) is 33.4. The number of hydrogen-bond acceptors (Lipinski definition) is 9. The molecule has 0 saturated heterocycles. The second-order valence-electron chi connectivity index (χ2n) is 15.8. The van der Waals surface area contributed by atoms with Gasteiger partial charge in [0.25, 0.3) is 0 Å². The fourth-order valence-corrected chi connectivity index (χ4v) is 13.9. The van der Waals surface area contributed by atoms with E-state index in [9.17, 15) is 19.2 Å². The second kappa shape index (κ2) is 11.6. The standard InChI is InChI=1S/C37H45IO9/c1-22(2)30(39)44-36-16-24-10-25(17-36)13-34(12-24,20-36)32(41)46-38(28-6-8-29(43-5)9-7-28)47-33(42)35-14-26-11-27(15-35)19-37(18-26,21-35)45-31(40)23(3)4/h6-9,24-27H,1,3,10-21H2,2,4-5H3. The molecular weight excluding hydrogens is 715 g/mol. The minimum absolute atomic E-state index is 0.262. The first-order valence-corrected chi connectivity index (χ1v) is 19.7. The average Bonchev–Trinajstić information content (AvgIpc) is 2.98. The van der Waals surface area contributed by atoms with Crippen LogP contribution in [0.3, 0.4) is 0 Å². The Morgan fingerprint density at radius 1 is 0.660 bits per heavy atom. The van der Waals surface area contributed by atoms with Crippen molar-refractivity contribution in [3.8, 4) is 5.75 Å². The Morgan fingerprint density at radius 2 is 1.04 bits per heavy atom. The van der Waals surface area contributed by atoms with Gasteiger partial charge in [-0.1, -0.05) is 0 Å². The maximum atomic E-state index is 14.4. The number of benzene rings is 1. The van der Waals surface area contributed by atoms with E-state index in [0.717, 1.165) is 38.5 Å². The van der Waals surface area contributed by atoms with Crippen LogP contribution in [0.25, 0.3) is 0 Å². The van der Waals surface area contributed by atoms with Gasteiger partial charge in [-0.2, -0.15) is 0 Å². The molecule has 8 bridgehead atoms. The normalized spacial score (nSPS) is 37.5. The molecule has 8 aliphatic rings. The summed E-state index contributed by atoms with van der Waals surface area (Å²) in [6.45, 7) is 10.8. The van der Waals surface area contributed by atoms with Crippen LogP contribution < -0.4 is 4.74 Å². The Morgan fingerprint density at radius 3 is 1.38 bits per heavy atom. The van der Waals surface area contributed by atoms with Crippen molar-refractivity contribution in [3.05, 3.63) is 52.1 Å². The van der Waals surface area contributed by atoms with Gasteiger partial charge in [-0.15, -0.1) is 0 Å². The summed E-state index contributed by atoms with van der Waals surface area (Å²) in [7, 11) is 1.58. The van der Waals surface area contributed by atoms with Gasteiger partial charge < -0.3 is 0 Å². The van der Waals surface area contributed by atoms with Crippen LogP contribution in [0, 0.1) is 38.1 Å². The molecule has 8 saturated carbocycles. The average molecular weight is 761 g/mol. The topological polar surface area (TPSA) is 114 Å². The number of rotatable bonds is 10. The van der Waals surface area contributed by atoms with Crippen molar-refractivity contribution in [2.45, 2.75) is 102 Å². The molecule has 9 nitrogen and oxygen atoms in total. The molecule has 254 valence electrons. The number of carbonyl (C=O) groups is 4. The van der Waals surface area contributed by atoms with Crippen LogP contribution in [-0.2, 0) is 34.8 Å². The third kappa shape index (κ3) is 5.90. The van der Waals surface area contributed by atoms with Gasteiger partial charge in [0.2, 0.25) is 0 Å². The van der Waals surface area contributed by atoms with E-state index in [1.165, 1.54) is 0 Å². The van der Waals surface area contributed by atoms with Crippen molar-refractivity contribution in [1.29, 1.82) is 0 Å². The first-order valence-electron chi connectivity index (χ1n) is 16.8. The number of halogens is 1. The van der Waals surface area contributed by atoms with Crippen LogP contribution >= 0.6 is 20.6 Å². The number of carbonyl (C=O) groups excluding carboxylic acids is 4. The predicted molar refractivity (Wildman–Crippen MR) is 179 cm³/mol. The first-order chi connectivity index (χ1) is 22.2. The number of esters is 2. The third-order valence-corrected chi connectivity index (χ3v) is 15.0. The summed E-state index contributed by atoms with van der Waals surface area (Å²) in [6.07, 6.45) is 8.55. The van der Waals surface area contributed by atoms with E-state index in [4.69, 9.17) is 20.3 Å². The Balaban J connectivity index is 1.15. The number of ether oxygens (including phenoxy) is 3. The van der Waals surface area contributed by atoms with Gasteiger partial charge in [0, 0.05) is 0 Å². The minimum atomic E-state index is -3.37. The van der Waals surface area contributed by atoms with Crippen LogP contribution in [0.4, 0.5) is 0 Å². The summed E-state index contributed by atoms with van der Waals surface area (Å²) in [6, 6.07) is 7.20. The Bertz CT molecular complexity index is 1410. The zero-order valence-corrected chi connectivity index (χ0v) is 29.7. The molecule has 0 aromatic heterocycles. The fourth-order valence-electron chi connectivity index (χ4n) is 10.7. The molecular formula is C37H45IO9. The molecule has 0 heterocycles. The molecule has 1 aromatic carbocycles. The Kier molecular flexibility index (Phi) is 8.07. The molecule has 47 heavy (non-hydrogen) atoms. The summed E-state index contributed by atoms with van der Waals surface area (Å²) in [5, 5.41) is 0. The first kappa shape index (κ1) is 32.6. The Hall–Kier alpha value is -2.89. The van der Waals surface area contributed by atoms with Crippen molar-refractivity contribution in [2.75, 3.05) is 7.11 Å². The molecule has 10 heteroatoms. The van der Waals surface area contributed by atoms with E-state index in [2.05, 4.69) is 13.2 Å². The number of hydrogen-bond donors (Lipinski definition) is 0. The molecule has 1 aromatic rings. The summed E-state index contributed by atoms with van der Waals surface area (Å²) in [5.74, 6) is 0.149.